The largest absolute Gasteiger partial charge is 0.481 e. The average molecular weight is 240 g/mol. The Bertz CT molecular complexity index is 271. The molecule has 2 unspecified atom stereocenters. The van der Waals surface area contributed by atoms with E-state index in [2.05, 4.69) is 6.92 Å². The highest BCUT2D eigenvalue weighted by Crippen LogP contribution is 2.49. The average Bonchev–Trinajstić information content (AvgIpc) is 3.06. The highest BCUT2D eigenvalue weighted by atomic mass is 16.5. The molecule has 2 atom stereocenters. The molecule has 2 rings (SSSR count). The Morgan fingerprint density at radius 3 is 2.65 bits per heavy atom. The number of rotatable bonds is 6. The van der Waals surface area contributed by atoms with Crippen LogP contribution >= 0.6 is 0 Å². The van der Waals surface area contributed by atoms with Gasteiger partial charge in [0.25, 0.3) is 0 Å². The van der Waals surface area contributed by atoms with Crippen molar-refractivity contribution in [2.24, 2.45) is 11.3 Å². The van der Waals surface area contributed by atoms with Crippen molar-refractivity contribution in [1.82, 2.24) is 0 Å². The van der Waals surface area contributed by atoms with Crippen molar-refractivity contribution in [2.75, 3.05) is 6.61 Å². The van der Waals surface area contributed by atoms with Crippen molar-refractivity contribution in [3.63, 3.8) is 0 Å². The molecule has 2 aliphatic carbocycles. The molecule has 2 saturated carbocycles. The first kappa shape index (κ1) is 12.9. The maximum absolute atomic E-state index is 10.8. The molecular formula is C14H24O3. The van der Waals surface area contributed by atoms with Crippen LogP contribution in [0, 0.1) is 11.3 Å². The molecule has 0 amide bonds. The third-order valence-corrected chi connectivity index (χ3v) is 4.45. The molecular weight excluding hydrogens is 216 g/mol. The number of hydrogen-bond acceptors (Lipinski definition) is 2. The zero-order valence-electron chi connectivity index (χ0n) is 10.8. The molecule has 98 valence electrons. The lowest BCUT2D eigenvalue weighted by atomic mass is 9.84. The van der Waals surface area contributed by atoms with E-state index in [4.69, 9.17) is 9.84 Å². The topological polar surface area (TPSA) is 46.5 Å². The molecule has 0 aromatic heterocycles. The predicted octanol–water partition coefficient (Wildman–Crippen LogP) is 3.23. The number of carboxylic acid groups (broad SMARTS) is 1. The van der Waals surface area contributed by atoms with Crippen LogP contribution in [0.2, 0.25) is 0 Å². The minimum Gasteiger partial charge on any atom is -0.481 e. The van der Waals surface area contributed by atoms with Gasteiger partial charge in [-0.1, -0.05) is 26.2 Å². The lowest BCUT2D eigenvalue weighted by molar-refractivity contribution is -0.139. The van der Waals surface area contributed by atoms with Crippen molar-refractivity contribution in [3.8, 4) is 0 Å². The Hall–Kier alpha value is -0.570. The SMILES string of the molecule is CCC1CCCCC1OCC1(CC(=O)O)CC1. The van der Waals surface area contributed by atoms with Gasteiger partial charge in [-0.2, -0.15) is 0 Å². The van der Waals surface area contributed by atoms with Gasteiger partial charge in [-0.05, 0) is 31.6 Å². The summed E-state index contributed by atoms with van der Waals surface area (Å²) in [6, 6.07) is 0. The second-order valence-electron chi connectivity index (χ2n) is 5.87. The molecule has 2 fully saturated rings. The molecule has 0 aliphatic heterocycles. The van der Waals surface area contributed by atoms with Crippen LogP contribution in [0.5, 0.6) is 0 Å². The van der Waals surface area contributed by atoms with Crippen LogP contribution in [0.15, 0.2) is 0 Å². The molecule has 3 nitrogen and oxygen atoms in total. The summed E-state index contributed by atoms with van der Waals surface area (Å²) < 4.78 is 6.05. The van der Waals surface area contributed by atoms with E-state index in [0.717, 1.165) is 12.8 Å². The van der Waals surface area contributed by atoms with Crippen LogP contribution in [0.1, 0.15) is 58.3 Å². The molecule has 0 bridgehead atoms. The minimum absolute atomic E-state index is 0.0123. The molecule has 0 radical (unpaired) electrons. The van der Waals surface area contributed by atoms with E-state index in [0.29, 0.717) is 18.6 Å². The van der Waals surface area contributed by atoms with Crippen LogP contribution in [-0.4, -0.2) is 23.8 Å². The van der Waals surface area contributed by atoms with Gasteiger partial charge in [0.15, 0.2) is 0 Å². The van der Waals surface area contributed by atoms with Gasteiger partial charge < -0.3 is 9.84 Å². The van der Waals surface area contributed by atoms with E-state index in [-0.39, 0.29) is 11.8 Å². The fourth-order valence-corrected chi connectivity index (χ4v) is 3.01. The highest BCUT2D eigenvalue weighted by Gasteiger charge is 2.45. The smallest absolute Gasteiger partial charge is 0.303 e. The lowest BCUT2D eigenvalue weighted by Crippen LogP contribution is -2.30. The first-order chi connectivity index (χ1) is 8.15. The summed E-state index contributed by atoms with van der Waals surface area (Å²) in [5, 5.41) is 8.87. The van der Waals surface area contributed by atoms with Crippen LogP contribution in [0.25, 0.3) is 0 Å². The van der Waals surface area contributed by atoms with Gasteiger partial charge in [0.1, 0.15) is 0 Å². The molecule has 0 aromatic carbocycles. The molecule has 1 N–H and O–H groups in total. The number of carbonyl (C=O) groups is 1. The van der Waals surface area contributed by atoms with E-state index in [9.17, 15) is 4.79 Å². The molecule has 0 heterocycles. The summed E-state index contributed by atoms with van der Waals surface area (Å²) in [7, 11) is 0. The van der Waals surface area contributed by atoms with Gasteiger partial charge >= 0.3 is 5.97 Å². The van der Waals surface area contributed by atoms with E-state index in [1.54, 1.807) is 0 Å². The fourth-order valence-electron chi connectivity index (χ4n) is 3.01. The standard InChI is InChI=1S/C14H24O3/c1-2-11-5-3-4-6-12(11)17-10-14(7-8-14)9-13(15)16/h11-12H,2-10H2,1H3,(H,15,16). The van der Waals surface area contributed by atoms with Gasteiger partial charge in [0.2, 0.25) is 0 Å². The van der Waals surface area contributed by atoms with Crippen LogP contribution < -0.4 is 0 Å². The summed E-state index contributed by atoms with van der Waals surface area (Å²) in [6.45, 7) is 2.90. The Labute approximate surface area is 104 Å². The van der Waals surface area contributed by atoms with E-state index in [1.165, 1.54) is 32.1 Å². The van der Waals surface area contributed by atoms with E-state index < -0.39 is 5.97 Å². The summed E-state index contributed by atoms with van der Waals surface area (Å²) in [5.74, 6) is 0.0196. The monoisotopic (exact) mass is 240 g/mol. The first-order valence-electron chi connectivity index (χ1n) is 6.99. The molecule has 3 heteroatoms. The highest BCUT2D eigenvalue weighted by molar-refractivity contribution is 5.68. The summed E-state index contributed by atoms with van der Waals surface area (Å²) >= 11 is 0. The Morgan fingerprint density at radius 2 is 2.06 bits per heavy atom. The van der Waals surface area contributed by atoms with Crippen molar-refractivity contribution in [2.45, 2.75) is 64.4 Å². The van der Waals surface area contributed by atoms with Gasteiger partial charge in [-0.25, -0.2) is 0 Å². The van der Waals surface area contributed by atoms with Crippen molar-refractivity contribution < 1.29 is 14.6 Å². The Morgan fingerprint density at radius 1 is 1.35 bits per heavy atom. The predicted molar refractivity (Wildman–Crippen MR) is 65.9 cm³/mol. The van der Waals surface area contributed by atoms with Gasteiger partial charge in [-0.3, -0.25) is 4.79 Å². The zero-order valence-corrected chi connectivity index (χ0v) is 10.8. The quantitative estimate of drug-likeness (QED) is 0.775. The number of aliphatic carboxylic acids is 1. The molecule has 17 heavy (non-hydrogen) atoms. The summed E-state index contributed by atoms with van der Waals surface area (Å²) in [6.07, 6.45) is 8.99. The second-order valence-corrected chi connectivity index (χ2v) is 5.87. The number of hydrogen-bond donors (Lipinski definition) is 1. The molecule has 2 aliphatic rings. The van der Waals surface area contributed by atoms with E-state index >= 15 is 0 Å². The Balaban J connectivity index is 1.78. The number of carboxylic acids is 1. The third kappa shape index (κ3) is 3.44. The maximum Gasteiger partial charge on any atom is 0.303 e. The normalized spacial score (nSPS) is 31.1. The van der Waals surface area contributed by atoms with Crippen molar-refractivity contribution >= 4 is 5.97 Å². The minimum atomic E-state index is -0.679. The van der Waals surface area contributed by atoms with Gasteiger partial charge in [-0.15, -0.1) is 0 Å². The van der Waals surface area contributed by atoms with E-state index in [1.807, 2.05) is 0 Å². The van der Waals surface area contributed by atoms with Crippen molar-refractivity contribution in [3.05, 3.63) is 0 Å². The van der Waals surface area contributed by atoms with Crippen LogP contribution in [-0.2, 0) is 9.53 Å². The zero-order chi connectivity index (χ0) is 12.3. The van der Waals surface area contributed by atoms with Crippen molar-refractivity contribution in [1.29, 1.82) is 0 Å². The maximum atomic E-state index is 10.8. The van der Waals surface area contributed by atoms with Crippen LogP contribution in [0.3, 0.4) is 0 Å². The fraction of sp³-hybridized carbons (Fsp3) is 0.929. The molecule has 0 spiro atoms. The van der Waals surface area contributed by atoms with Gasteiger partial charge in [0.05, 0.1) is 19.1 Å². The number of ether oxygens (including phenoxy) is 1. The molecule has 0 aromatic rings. The first-order valence-corrected chi connectivity index (χ1v) is 6.99. The summed E-state index contributed by atoms with van der Waals surface area (Å²) in [4.78, 5) is 10.8. The second kappa shape index (κ2) is 5.38. The van der Waals surface area contributed by atoms with Crippen LogP contribution in [0.4, 0.5) is 0 Å². The molecule has 0 saturated heterocycles. The Kier molecular flexibility index (Phi) is 4.08. The summed E-state index contributed by atoms with van der Waals surface area (Å²) in [5.41, 5.74) is -0.0123. The van der Waals surface area contributed by atoms with Gasteiger partial charge in [0, 0.05) is 5.41 Å². The third-order valence-electron chi connectivity index (χ3n) is 4.45. The lowest BCUT2D eigenvalue weighted by Gasteiger charge is -2.32.